The third-order valence-electron chi connectivity index (χ3n) is 3.55. The fraction of sp³-hybridized carbons (Fsp3) is 0.733. The van der Waals surface area contributed by atoms with Crippen LogP contribution in [0.3, 0.4) is 0 Å². The summed E-state index contributed by atoms with van der Waals surface area (Å²) in [6, 6.07) is 0. The third-order valence-corrected chi connectivity index (χ3v) is 3.55. The van der Waals surface area contributed by atoms with E-state index in [1.165, 1.54) is 38.2 Å². The Morgan fingerprint density at radius 2 is 1.85 bits per heavy atom. The number of ether oxygens (including phenoxy) is 1. The first-order chi connectivity index (χ1) is 9.72. The molecule has 20 heavy (non-hydrogen) atoms. The predicted octanol–water partition coefficient (Wildman–Crippen LogP) is 2.38. The van der Waals surface area contributed by atoms with Crippen LogP contribution in [-0.4, -0.2) is 31.7 Å². The van der Waals surface area contributed by atoms with Gasteiger partial charge in [0.15, 0.2) is 0 Å². The van der Waals surface area contributed by atoms with Gasteiger partial charge >= 0.3 is 6.09 Å². The lowest BCUT2D eigenvalue weighted by Crippen LogP contribution is -2.35. The maximum absolute atomic E-state index is 11.6. The van der Waals surface area contributed by atoms with E-state index < -0.39 is 6.09 Å². The standard InChI is InChI=1S/C15H26N2O3/c1-2-12-20-15(19)17-11-10-16-14(18)9-8-13-6-4-3-5-7-13/h2,13H,1,3-12H2,(H,16,18)(H,17,19). The summed E-state index contributed by atoms with van der Waals surface area (Å²) in [4.78, 5) is 22.7. The van der Waals surface area contributed by atoms with Crippen molar-refractivity contribution in [2.24, 2.45) is 5.92 Å². The second-order valence-electron chi connectivity index (χ2n) is 5.21. The zero-order chi connectivity index (χ0) is 14.6. The van der Waals surface area contributed by atoms with Gasteiger partial charge in [-0.2, -0.15) is 0 Å². The smallest absolute Gasteiger partial charge is 0.407 e. The molecular formula is C15H26N2O3. The van der Waals surface area contributed by atoms with E-state index in [4.69, 9.17) is 4.74 Å². The van der Waals surface area contributed by atoms with Crippen LogP contribution in [0.4, 0.5) is 4.79 Å². The molecule has 0 atom stereocenters. The van der Waals surface area contributed by atoms with Crippen LogP contribution in [0.25, 0.3) is 0 Å². The zero-order valence-electron chi connectivity index (χ0n) is 12.2. The molecule has 0 aromatic carbocycles. The number of hydrogen-bond donors (Lipinski definition) is 2. The van der Waals surface area contributed by atoms with Crippen molar-refractivity contribution in [2.45, 2.75) is 44.9 Å². The van der Waals surface area contributed by atoms with Gasteiger partial charge in [-0.05, 0) is 12.3 Å². The lowest BCUT2D eigenvalue weighted by atomic mass is 9.86. The minimum absolute atomic E-state index is 0.0665. The van der Waals surface area contributed by atoms with Gasteiger partial charge in [-0.25, -0.2) is 4.79 Å². The molecule has 0 aromatic heterocycles. The molecule has 0 saturated heterocycles. The van der Waals surface area contributed by atoms with Crippen LogP contribution >= 0.6 is 0 Å². The van der Waals surface area contributed by atoms with Crippen molar-refractivity contribution >= 4 is 12.0 Å². The zero-order valence-corrected chi connectivity index (χ0v) is 12.2. The highest BCUT2D eigenvalue weighted by Gasteiger charge is 2.14. The number of carbonyl (C=O) groups excluding carboxylic acids is 2. The fourth-order valence-electron chi connectivity index (χ4n) is 2.45. The van der Waals surface area contributed by atoms with Gasteiger partial charge in [0.2, 0.25) is 5.91 Å². The number of nitrogens with one attached hydrogen (secondary N) is 2. The SMILES string of the molecule is C=CCOC(=O)NCCNC(=O)CCC1CCCCC1. The van der Waals surface area contributed by atoms with Crippen LogP contribution in [-0.2, 0) is 9.53 Å². The summed E-state index contributed by atoms with van der Waals surface area (Å²) in [6.07, 6.45) is 9.09. The van der Waals surface area contributed by atoms with Crippen molar-refractivity contribution < 1.29 is 14.3 Å². The van der Waals surface area contributed by atoms with Crippen LogP contribution in [0, 0.1) is 5.92 Å². The van der Waals surface area contributed by atoms with E-state index in [-0.39, 0.29) is 12.5 Å². The van der Waals surface area contributed by atoms with Crippen molar-refractivity contribution in [2.75, 3.05) is 19.7 Å². The molecule has 2 amide bonds. The van der Waals surface area contributed by atoms with Gasteiger partial charge in [0.25, 0.3) is 0 Å². The van der Waals surface area contributed by atoms with E-state index in [1.54, 1.807) is 0 Å². The normalized spacial score (nSPS) is 15.4. The van der Waals surface area contributed by atoms with E-state index in [0.29, 0.717) is 19.5 Å². The molecule has 114 valence electrons. The average Bonchev–Trinajstić information content (AvgIpc) is 2.48. The van der Waals surface area contributed by atoms with Crippen molar-refractivity contribution in [1.82, 2.24) is 10.6 Å². The topological polar surface area (TPSA) is 67.4 Å². The Balaban J connectivity index is 1.96. The molecule has 0 heterocycles. The largest absolute Gasteiger partial charge is 0.445 e. The lowest BCUT2D eigenvalue weighted by Gasteiger charge is -2.20. The number of rotatable bonds is 8. The van der Waals surface area contributed by atoms with Crippen molar-refractivity contribution in [3.63, 3.8) is 0 Å². The summed E-state index contributed by atoms with van der Waals surface area (Å²) in [5.74, 6) is 0.790. The molecule has 0 aliphatic heterocycles. The number of hydrogen-bond acceptors (Lipinski definition) is 3. The third kappa shape index (κ3) is 7.81. The van der Waals surface area contributed by atoms with Crippen molar-refractivity contribution in [3.05, 3.63) is 12.7 Å². The van der Waals surface area contributed by atoms with Gasteiger partial charge in [-0.3, -0.25) is 4.79 Å². The molecule has 5 heteroatoms. The van der Waals surface area contributed by atoms with E-state index in [1.807, 2.05) is 0 Å². The lowest BCUT2D eigenvalue weighted by molar-refractivity contribution is -0.121. The maximum atomic E-state index is 11.6. The van der Waals surface area contributed by atoms with Crippen LogP contribution in [0.1, 0.15) is 44.9 Å². The summed E-state index contributed by atoms with van der Waals surface area (Å²) in [5.41, 5.74) is 0. The van der Waals surface area contributed by atoms with E-state index in [9.17, 15) is 9.59 Å². The van der Waals surface area contributed by atoms with Gasteiger partial charge in [0.05, 0.1) is 0 Å². The molecule has 5 nitrogen and oxygen atoms in total. The average molecular weight is 282 g/mol. The first kappa shape index (κ1) is 16.5. The maximum Gasteiger partial charge on any atom is 0.407 e. The van der Waals surface area contributed by atoms with Gasteiger partial charge < -0.3 is 15.4 Å². The molecular weight excluding hydrogens is 256 g/mol. The first-order valence-electron chi connectivity index (χ1n) is 7.50. The predicted molar refractivity (Wildman–Crippen MR) is 78.4 cm³/mol. The summed E-state index contributed by atoms with van der Waals surface area (Å²) in [7, 11) is 0. The summed E-state index contributed by atoms with van der Waals surface area (Å²) in [5, 5.41) is 5.36. The number of amides is 2. The Morgan fingerprint density at radius 3 is 2.55 bits per heavy atom. The molecule has 1 fully saturated rings. The monoisotopic (exact) mass is 282 g/mol. The molecule has 0 radical (unpaired) electrons. The molecule has 2 N–H and O–H groups in total. The second-order valence-corrected chi connectivity index (χ2v) is 5.21. The molecule has 1 aliphatic rings. The molecule has 0 bridgehead atoms. The highest BCUT2D eigenvalue weighted by molar-refractivity contribution is 5.75. The van der Waals surface area contributed by atoms with Gasteiger partial charge in [0.1, 0.15) is 6.61 Å². The fourth-order valence-corrected chi connectivity index (χ4v) is 2.45. The molecule has 0 unspecified atom stereocenters. The first-order valence-corrected chi connectivity index (χ1v) is 7.50. The highest BCUT2D eigenvalue weighted by Crippen LogP contribution is 2.27. The Kier molecular flexibility index (Phi) is 8.51. The molecule has 1 saturated carbocycles. The van der Waals surface area contributed by atoms with Crippen LogP contribution in [0.5, 0.6) is 0 Å². The molecule has 0 aromatic rings. The van der Waals surface area contributed by atoms with Crippen LogP contribution in [0.2, 0.25) is 0 Å². The summed E-state index contributed by atoms with van der Waals surface area (Å²) < 4.78 is 4.74. The molecule has 0 spiro atoms. The highest BCUT2D eigenvalue weighted by atomic mass is 16.5. The van der Waals surface area contributed by atoms with Crippen LogP contribution in [0.15, 0.2) is 12.7 Å². The molecule has 1 rings (SSSR count). The van der Waals surface area contributed by atoms with Crippen LogP contribution < -0.4 is 10.6 Å². The van der Waals surface area contributed by atoms with Crippen molar-refractivity contribution in [3.8, 4) is 0 Å². The second kappa shape index (κ2) is 10.3. The van der Waals surface area contributed by atoms with Gasteiger partial charge in [-0.15, -0.1) is 0 Å². The Hall–Kier alpha value is -1.52. The summed E-state index contributed by atoms with van der Waals surface area (Å²) in [6.45, 7) is 4.46. The van der Waals surface area contributed by atoms with Gasteiger partial charge in [0, 0.05) is 19.5 Å². The number of alkyl carbamates (subject to hydrolysis) is 1. The molecule has 1 aliphatic carbocycles. The Bertz CT molecular complexity index is 312. The minimum atomic E-state index is -0.485. The quantitative estimate of drug-likeness (QED) is 0.530. The minimum Gasteiger partial charge on any atom is -0.445 e. The Labute approximate surface area is 121 Å². The van der Waals surface area contributed by atoms with E-state index in [2.05, 4.69) is 17.2 Å². The van der Waals surface area contributed by atoms with Crippen molar-refractivity contribution in [1.29, 1.82) is 0 Å². The van der Waals surface area contributed by atoms with E-state index >= 15 is 0 Å². The number of carbonyl (C=O) groups is 2. The summed E-state index contributed by atoms with van der Waals surface area (Å²) >= 11 is 0. The van der Waals surface area contributed by atoms with E-state index in [0.717, 1.165) is 12.3 Å². The Morgan fingerprint density at radius 1 is 1.15 bits per heavy atom. The van der Waals surface area contributed by atoms with Gasteiger partial charge in [-0.1, -0.05) is 44.8 Å².